The first kappa shape index (κ1) is 26.9. The number of rotatable bonds is 11. The zero-order valence-electron chi connectivity index (χ0n) is 15.9. The monoisotopic (exact) mass is 386 g/mol. The quantitative estimate of drug-likeness (QED) is 0.303. The van der Waals surface area contributed by atoms with Gasteiger partial charge in [0.05, 0.1) is 11.2 Å². The van der Waals surface area contributed by atoms with Gasteiger partial charge in [-0.2, -0.15) is 0 Å². The number of ether oxygens (including phenoxy) is 2. The molecule has 0 aliphatic heterocycles. The molecule has 0 bridgehead atoms. The van der Waals surface area contributed by atoms with Gasteiger partial charge in [-0.3, -0.25) is 9.59 Å². The summed E-state index contributed by atoms with van der Waals surface area (Å²) >= 11 is 1.11. The number of aliphatic carboxylic acids is 1. The third-order valence-electron chi connectivity index (χ3n) is 3.52. The van der Waals surface area contributed by atoms with Crippen LogP contribution in [0, 0.1) is 10.8 Å². The van der Waals surface area contributed by atoms with Crippen molar-refractivity contribution < 1.29 is 63.6 Å². The summed E-state index contributed by atoms with van der Waals surface area (Å²) in [6, 6.07) is 0. The van der Waals surface area contributed by atoms with Crippen LogP contribution in [0.2, 0.25) is 0 Å². The molecular weight excluding hydrogens is 359 g/mol. The average molecular weight is 386 g/mol. The fourth-order valence-corrected chi connectivity index (χ4v) is 2.22. The van der Waals surface area contributed by atoms with E-state index in [4.69, 9.17) is 9.47 Å². The third kappa shape index (κ3) is 11.1. The Morgan fingerprint density at radius 2 is 1.60 bits per heavy atom. The van der Waals surface area contributed by atoms with Gasteiger partial charge in [-0.25, -0.2) is 0 Å². The standard InChI is InChI=1S/C16H28O7S.Na/c1-6-15(2,3)14(21)23-8-11(17)7-22-12(18)9-24-10-16(4,5)13(19)20;/h11,17H,6-10H2,1-5H3,(H,19,20);/q;+1/p-1. The molecule has 0 radical (unpaired) electrons. The maximum Gasteiger partial charge on any atom is 1.00 e. The molecular formula is C16H27NaO7S. The number of thioether (sulfide) groups is 1. The van der Waals surface area contributed by atoms with Gasteiger partial charge in [-0.05, 0) is 20.3 Å². The molecule has 0 amide bonds. The van der Waals surface area contributed by atoms with E-state index in [0.717, 1.165) is 11.8 Å². The Hall–Kier alpha value is -0.280. The van der Waals surface area contributed by atoms with Gasteiger partial charge in [0.25, 0.3) is 0 Å². The minimum atomic E-state index is -1.18. The molecule has 0 fully saturated rings. The molecule has 1 atom stereocenters. The van der Waals surface area contributed by atoms with Crippen LogP contribution < -0.4 is 34.7 Å². The van der Waals surface area contributed by atoms with Crippen molar-refractivity contribution in [3.05, 3.63) is 0 Å². The Kier molecular flexibility index (Phi) is 13.1. The maximum absolute atomic E-state index is 11.7. The van der Waals surface area contributed by atoms with Crippen molar-refractivity contribution in [3.8, 4) is 0 Å². The van der Waals surface area contributed by atoms with E-state index in [0.29, 0.717) is 6.42 Å². The molecule has 9 heteroatoms. The molecule has 0 saturated heterocycles. The number of carboxylic acid groups (broad SMARTS) is 1. The van der Waals surface area contributed by atoms with Gasteiger partial charge in [-0.15, -0.1) is 11.8 Å². The van der Waals surface area contributed by atoms with Crippen molar-refractivity contribution in [2.45, 2.75) is 47.1 Å². The second kappa shape index (κ2) is 12.2. The summed E-state index contributed by atoms with van der Waals surface area (Å²) in [7, 11) is 0. The summed E-state index contributed by atoms with van der Waals surface area (Å²) in [4.78, 5) is 34.1. The number of esters is 2. The van der Waals surface area contributed by atoms with Gasteiger partial charge in [-0.1, -0.05) is 20.8 Å². The van der Waals surface area contributed by atoms with Crippen LogP contribution in [0.3, 0.4) is 0 Å². The van der Waals surface area contributed by atoms with Gasteiger partial charge in [0.1, 0.15) is 19.3 Å². The van der Waals surface area contributed by atoms with Crippen molar-refractivity contribution >= 4 is 29.7 Å². The van der Waals surface area contributed by atoms with Crippen LogP contribution in [0.5, 0.6) is 0 Å². The molecule has 1 N–H and O–H groups in total. The molecule has 1 unspecified atom stereocenters. The van der Waals surface area contributed by atoms with E-state index in [1.165, 1.54) is 13.8 Å². The second-order valence-corrected chi connectivity index (χ2v) is 7.82. The van der Waals surface area contributed by atoms with Gasteiger partial charge < -0.3 is 24.5 Å². The SMILES string of the molecule is CCC(C)(C)C(=O)OCC(O)COC(=O)CSCC(C)(C)C(=O)[O-].[Na+]. The summed E-state index contributed by atoms with van der Waals surface area (Å²) in [5.41, 5.74) is -1.66. The minimum Gasteiger partial charge on any atom is -0.550 e. The number of hydrogen-bond donors (Lipinski definition) is 1. The summed E-state index contributed by atoms with van der Waals surface area (Å²) in [5.74, 6) is -2.01. The molecule has 25 heavy (non-hydrogen) atoms. The molecule has 7 nitrogen and oxygen atoms in total. The molecule has 140 valence electrons. The topological polar surface area (TPSA) is 113 Å². The summed E-state index contributed by atoms with van der Waals surface area (Å²) < 4.78 is 9.85. The zero-order chi connectivity index (χ0) is 19.0. The van der Waals surface area contributed by atoms with E-state index >= 15 is 0 Å². The van der Waals surface area contributed by atoms with Crippen LogP contribution in [-0.2, 0) is 23.9 Å². The molecule has 0 aromatic rings. The normalized spacial score (nSPS) is 12.7. The average Bonchev–Trinajstić information content (AvgIpc) is 2.49. The molecule has 0 aromatic heterocycles. The first-order chi connectivity index (χ1) is 10.9. The van der Waals surface area contributed by atoms with Crippen LogP contribution in [0.15, 0.2) is 0 Å². The number of carbonyl (C=O) groups excluding carboxylic acids is 3. The second-order valence-electron chi connectivity index (χ2n) is 6.84. The Balaban J connectivity index is 0. The minimum absolute atomic E-state index is 0. The van der Waals surface area contributed by atoms with Crippen LogP contribution in [0.4, 0.5) is 0 Å². The van der Waals surface area contributed by atoms with Gasteiger partial charge in [0.15, 0.2) is 0 Å². The Morgan fingerprint density at radius 1 is 1.08 bits per heavy atom. The predicted molar refractivity (Wildman–Crippen MR) is 88.1 cm³/mol. The largest absolute Gasteiger partial charge is 1.00 e. The molecule has 0 rings (SSSR count). The van der Waals surface area contributed by atoms with Crippen molar-refractivity contribution in [2.24, 2.45) is 10.8 Å². The zero-order valence-corrected chi connectivity index (χ0v) is 18.7. The summed E-state index contributed by atoms with van der Waals surface area (Å²) in [6.45, 7) is 7.83. The number of carboxylic acids is 1. The van der Waals surface area contributed by atoms with Crippen molar-refractivity contribution in [1.82, 2.24) is 0 Å². The molecule has 0 heterocycles. The predicted octanol–water partition coefficient (Wildman–Crippen LogP) is -2.62. The molecule has 0 aliphatic carbocycles. The Bertz CT molecular complexity index is 452. The van der Waals surface area contributed by atoms with Crippen LogP contribution in [0.25, 0.3) is 0 Å². The third-order valence-corrected chi connectivity index (χ3v) is 4.88. The van der Waals surface area contributed by atoms with Crippen molar-refractivity contribution in [3.63, 3.8) is 0 Å². The first-order valence-corrected chi connectivity index (χ1v) is 8.88. The first-order valence-electron chi connectivity index (χ1n) is 7.72. The fourth-order valence-electron chi connectivity index (χ4n) is 1.24. The van der Waals surface area contributed by atoms with E-state index < -0.39 is 34.8 Å². The van der Waals surface area contributed by atoms with Gasteiger partial charge >= 0.3 is 41.5 Å². The summed E-state index contributed by atoms with van der Waals surface area (Å²) in [5, 5.41) is 20.5. The van der Waals surface area contributed by atoms with Crippen LogP contribution in [0.1, 0.15) is 41.0 Å². The Labute approximate surface area is 175 Å². The Morgan fingerprint density at radius 3 is 2.08 bits per heavy atom. The van der Waals surface area contributed by atoms with Gasteiger partial charge in [0.2, 0.25) is 0 Å². The van der Waals surface area contributed by atoms with E-state index in [1.54, 1.807) is 13.8 Å². The van der Waals surface area contributed by atoms with E-state index in [-0.39, 0.29) is 54.3 Å². The smallest absolute Gasteiger partial charge is 0.550 e. The van der Waals surface area contributed by atoms with Crippen LogP contribution >= 0.6 is 11.8 Å². The number of carbonyl (C=O) groups is 3. The van der Waals surface area contributed by atoms with E-state index in [1.807, 2.05) is 6.92 Å². The summed E-state index contributed by atoms with van der Waals surface area (Å²) in [6.07, 6.45) is -0.494. The molecule has 0 saturated carbocycles. The fraction of sp³-hybridized carbons (Fsp3) is 0.812. The molecule has 0 aromatic carbocycles. The number of aliphatic hydroxyl groups excluding tert-OH is 1. The number of aliphatic hydroxyl groups is 1. The maximum atomic E-state index is 11.7. The number of hydrogen-bond acceptors (Lipinski definition) is 8. The van der Waals surface area contributed by atoms with E-state index in [2.05, 4.69) is 0 Å². The van der Waals surface area contributed by atoms with Crippen LogP contribution in [-0.4, -0.2) is 53.8 Å². The molecule has 0 aliphatic rings. The molecule has 0 spiro atoms. The van der Waals surface area contributed by atoms with Gasteiger partial charge in [0, 0.05) is 17.1 Å². The van der Waals surface area contributed by atoms with Crippen molar-refractivity contribution in [2.75, 3.05) is 24.7 Å². The van der Waals surface area contributed by atoms with Crippen molar-refractivity contribution in [1.29, 1.82) is 0 Å². The van der Waals surface area contributed by atoms with E-state index in [9.17, 15) is 24.6 Å².